The predicted molar refractivity (Wildman–Crippen MR) is 569 cm³/mol. The lowest BCUT2D eigenvalue weighted by molar-refractivity contribution is 0.103. The Morgan fingerprint density at radius 3 is 1.04 bits per heavy atom. The van der Waals surface area contributed by atoms with Gasteiger partial charge in [0.1, 0.15) is 0 Å². The fraction of sp³-hybridized carbons (Fsp3) is 0.356. The average molecular weight is 1950 g/mol. The molecule has 4 aliphatic carbocycles. The molecule has 0 saturated carbocycles. The number of nitrogens with zero attached hydrogens (tertiary/aromatic N) is 4. The number of hydrogen-bond donors (Lipinski definition) is 0. The Bertz CT molecular complexity index is 6520. The van der Waals surface area contributed by atoms with Gasteiger partial charge in [-0.15, -0.1) is 91.5 Å². The van der Waals surface area contributed by atoms with Crippen LogP contribution in [0.25, 0.3) is 93.6 Å². The van der Waals surface area contributed by atoms with Crippen molar-refractivity contribution in [2.75, 3.05) is 11.5 Å². The molecule has 0 radical (unpaired) electrons. The van der Waals surface area contributed by atoms with Crippen LogP contribution in [0.3, 0.4) is 0 Å². The maximum Gasteiger partial charge on any atom is 0.270 e. The first-order valence-electron chi connectivity index (χ1n) is 49.2. The second kappa shape index (κ2) is 43.5. The van der Waals surface area contributed by atoms with Gasteiger partial charge >= 0.3 is 0 Å². The fourth-order valence-electron chi connectivity index (χ4n) is 21.2. The normalized spacial score (nSPS) is 15.5. The van der Waals surface area contributed by atoms with Crippen LogP contribution < -0.4 is 0 Å². The van der Waals surface area contributed by atoms with E-state index in [-0.39, 0.29) is 44.5 Å². The van der Waals surface area contributed by atoms with Crippen molar-refractivity contribution in [3.63, 3.8) is 0 Å². The van der Waals surface area contributed by atoms with Gasteiger partial charge in [-0.25, -0.2) is 37.8 Å². The molecule has 6 nitrogen and oxygen atoms in total. The minimum atomic E-state index is -1.20. The molecule has 18 heteroatoms. The highest BCUT2D eigenvalue weighted by Gasteiger charge is 2.55. The van der Waals surface area contributed by atoms with E-state index in [1.54, 1.807) is 34.8 Å². The number of ketones is 2. The van der Waals surface area contributed by atoms with Gasteiger partial charge in [0.05, 0.1) is 64.0 Å². The molecular formula is C118H114F4N4O2S8. The molecule has 6 aromatic heterocycles. The Labute approximate surface area is 832 Å². The lowest BCUT2D eigenvalue weighted by atomic mass is 9.65. The van der Waals surface area contributed by atoms with Crippen molar-refractivity contribution in [2.45, 2.75) is 254 Å². The van der Waals surface area contributed by atoms with E-state index in [0.717, 1.165) is 321 Å². The first-order valence-corrected chi connectivity index (χ1v) is 56.1. The molecule has 694 valence electrons. The van der Waals surface area contributed by atoms with E-state index in [1.165, 1.54) is 30.7 Å². The molecule has 0 amide bonds. The Kier molecular flexibility index (Phi) is 31.2. The van der Waals surface area contributed by atoms with Crippen molar-refractivity contribution in [2.24, 2.45) is 11.8 Å². The Hall–Kier alpha value is -10.1. The SMILES string of the molecule is [C-]#[N+]/C(C#N)=C1\C(=C\c2cc3c(s2)-c2sc4c(-c5ccc(SCC(CC)CCCC)s5)c5c6c(sc5c(-c5ccc(SCC(CC)CCCC)s5)c4c2C3(c2cccc(CCCCCC)c2)c2cccc(CCCCCC)c2)-c2sc(/C=C3\C(=O)c4cc(F)c(F)cc4\C3=C(\C#N)[N+]#[C-])cc2C6(c2cccc(CCCCCC)c2)c2cccc(CCCCCC)c2)C(=O)c2cc(F)c(F)cc21. The third-order valence-corrected chi connectivity index (χ3v) is 38.3. The number of unbranched alkanes of at least 4 members (excludes halogenated alkanes) is 14. The molecule has 13 aromatic rings. The molecule has 0 aliphatic heterocycles. The van der Waals surface area contributed by atoms with E-state index >= 15 is 27.2 Å². The molecular weight excluding hydrogens is 1840 g/mol. The maximum absolute atomic E-state index is 15.8. The predicted octanol–water partition coefficient (Wildman–Crippen LogP) is 37.0. The first-order chi connectivity index (χ1) is 66.4. The molecule has 2 atom stereocenters. The molecule has 6 heterocycles. The summed E-state index contributed by atoms with van der Waals surface area (Å²) in [5.74, 6) is -3.01. The number of fused-ring (bicyclic) bond motifs is 12. The highest BCUT2D eigenvalue weighted by Crippen LogP contribution is 2.71. The highest BCUT2D eigenvalue weighted by atomic mass is 32.2. The summed E-state index contributed by atoms with van der Waals surface area (Å²) in [5, 5.41) is 24.0. The van der Waals surface area contributed by atoms with Crippen molar-refractivity contribution in [1.82, 2.24) is 0 Å². The van der Waals surface area contributed by atoms with Crippen molar-refractivity contribution in [3.05, 3.63) is 325 Å². The molecule has 4 aliphatic rings. The molecule has 0 bridgehead atoms. The van der Waals surface area contributed by atoms with Gasteiger partial charge in [-0.05, 0) is 227 Å². The topological polar surface area (TPSA) is 90.4 Å². The van der Waals surface area contributed by atoms with Crippen LogP contribution in [0.4, 0.5) is 17.6 Å². The molecule has 0 N–H and O–H groups in total. The van der Waals surface area contributed by atoms with E-state index in [1.807, 2.05) is 81.0 Å². The second-order valence-corrected chi connectivity index (χ2v) is 46.1. The quantitative estimate of drug-likeness (QED) is 0.00945. The summed E-state index contributed by atoms with van der Waals surface area (Å²) in [6, 6.07) is 59.3. The fourth-order valence-corrected chi connectivity index (χ4v) is 31.8. The van der Waals surface area contributed by atoms with Crippen LogP contribution in [-0.4, -0.2) is 23.1 Å². The van der Waals surface area contributed by atoms with Crippen LogP contribution in [0, 0.1) is 70.9 Å². The summed E-state index contributed by atoms with van der Waals surface area (Å²) in [4.78, 5) is 45.9. The number of allylic oxidation sites excluding steroid dienone is 6. The molecule has 2 unspecified atom stereocenters. The standard InChI is InChI=1S/C118H114F4N4O2S8/c1-11-19-25-29-39-73-43-33-47-77(55-73)117(78-48-34-44-74(56-78)40-30-26-20-12-2)89-61-81(59-87-101(95(67-123)125-9)83-63-91(119)93(121)65-85(83)109(87)127)131-111(89)115-107(117)105-103(97-51-53-99(133-97)129-69-71(17-7)37-23-15-5)114-106(104(113(105)135-115)98-52-54-100(134-98)130-70-72(18-8)38-24-16-6)108-116(136-114)112-90(62-82(132-112)60-88-102(96(68-124)126-10)84-64-92(120)94(122)66-86(84)110(88)128)118(108,79-49-35-45-75(57-79)41-31-27-21-13-3)80-50-36-46-76(58-80)42-32-28-22-14-4/h33-36,43-66,71-72H,11-32,37-42,69-70H2,1-8H3/b87-59-,88-60-,101-95-,102-96+. The Balaban J connectivity index is 1.07. The Morgan fingerprint density at radius 2 is 0.728 bits per heavy atom. The van der Waals surface area contributed by atoms with Crippen LogP contribution in [0.5, 0.6) is 0 Å². The van der Waals surface area contributed by atoms with Crippen LogP contribution in [0.15, 0.2) is 189 Å². The zero-order valence-corrected chi connectivity index (χ0v) is 85.4. The van der Waals surface area contributed by atoms with Crippen molar-refractivity contribution >= 4 is 147 Å². The molecule has 0 saturated heterocycles. The first kappa shape index (κ1) is 97.6. The lowest BCUT2D eigenvalue weighted by Gasteiger charge is -2.35. The largest absolute Gasteiger partial charge is 0.289 e. The van der Waals surface area contributed by atoms with Gasteiger partial charge in [0, 0.05) is 95.7 Å². The molecule has 17 rings (SSSR count). The van der Waals surface area contributed by atoms with E-state index < -0.39 is 57.1 Å². The number of hydrogen-bond acceptors (Lipinski definition) is 12. The Morgan fingerprint density at radius 1 is 0.397 bits per heavy atom. The summed E-state index contributed by atoms with van der Waals surface area (Å²) in [6.45, 7) is 35.1. The minimum absolute atomic E-state index is 0.00482. The summed E-state index contributed by atoms with van der Waals surface area (Å²) in [7, 11) is 0. The van der Waals surface area contributed by atoms with E-state index in [4.69, 9.17) is 13.1 Å². The summed E-state index contributed by atoms with van der Waals surface area (Å²) < 4.78 is 67.7. The van der Waals surface area contributed by atoms with Crippen LogP contribution >= 0.6 is 91.5 Å². The second-order valence-electron chi connectivity index (χ2n) is 37.1. The molecule has 7 aromatic carbocycles. The summed E-state index contributed by atoms with van der Waals surface area (Å²) >= 11 is 14.5. The highest BCUT2D eigenvalue weighted by molar-refractivity contribution is 8.01. The lowest BCUT2D eigenvalue weighted by Crippen LogP contribution is -2.29. The molecule has 0 spiro atoms. The number of carbonyl (C=O) groups excluding carboxylic acids is 2. The third kappa shape index (κ3) is 18.5. The average Bonchev–Trinajstić information content (AvgIpc) is 1.48. The van der Waals surface area contributed by atoms with E-state index in [0.29, 0.717) is 21.6 Å². The zero-order chi connectivity index (χ0) is 95.1. The smallest absolute Gasteiger partial charge is 0.270 e. The number of benzene rings is 7. The van der Waals surface area contributed by atoms with Gasteiger partial charge in [-0.2, -0.15) is 0 Å². The number of carbonyl (C=O) groups is 2. The van der Waals surface area contributed by atoms with Gasteiger partial charge in [-0.1, -0.05) is 268 Å². The number of nitriles is 2. The van der Waals surface area contributed by atoms with Crippen molar-refractivity contribution in [3.8, 4) is 52.5 Å². The number of rotatable bonds is 42. The van der Waals surface area contributed by atoms with Gasteiger partial charge in [0.2, 0.25) is 0 Å². The van der Waals surface area contributed by atoms with Crippen molar-refractivity contribution < 1.29 is 27.2 Å². The van der Waals surface area contributed by atoms with Crippen LogP contribution in [-0.2, 0) is 36.5 Å². The van der Waals surface area contributed by atoms with E-state index in [9.17, 15) is 10.5 Å². The van der Waals surface area contributed by atoms with Gasteiger partial charge < -0.3 is 0 Å². The number of Topliss-reactive ketones (excluding diaryl/α,β-unsaturated/α-hetero) is 2. The number of halogens is 4. The molecule has 0 fully saturated rings. The van der Waals surface area contributed by atoms with Crippen LogP contribution in [0.1, 0.15) is 318 Å². The number of thioether (sulfide) groups is 2. The van der Waals surface area contributed by atoms with Gasteiger partial charge in [0.15, 0.2) is 34.8 Å². The summed E-state index contributed by atoms with van der Waals surface area (Å²) in [5.41, 5.74) is 12.6. The minimum Gasteiger partial charge on any atom is -0.289 e. The van der Waals surface area contributed by atoms with Crippen molar-refractivity contribution in [1.29, 1.82) is 10.5 Å². The number of aryl methyl sites for hydroxylation is 4. The third-order valence-electron chi connectivity index (χ3n) is 28.3. The number of thiophene rings is 6. The molecule has 136 heavy (non-hydrogen) atoms. The van der Waals surface area contributed by atoms with Crippen LogP contribution in [0.2, 0.25) is 0 Å². The monoisotopic (exact) mass is 1950 g/mol. The van der Waals surface area contributed by atoms with Gasteiger partial charge in [-0.3, -0.25) is 9.59 Å². The van der Waals surface area contributed by atoms with E-state index in [2.05, 4.69) is 199 Å². The maximum atomic E-state index is 15.8. The zero-order valence-electron chi connectivity index (χ0n) is 78.9. The summed E-state index contributed by atoms with van der Waals surface area (Å²) in [6.07, 6.45) is 33.1. The van der Waals surface area contributed by atoms with Gasteiger partial charge in [0.25, 0.3) is 11.4 Å².